The normalized spacial score (nSPS) is 14.5. The minimum atomic E-state index is 0.0155. The second-order valence-corrected chi connectivity index (χ2v) is 7.33. The minimum Gasteiger partial charge on any atom is -0.497 e. The van der Waals surface area contributed by atoms with Crippen LogP contribution in [0.25, 0.3) is 11.4 Å². The number of aromatic nitrogens is 2. The molecule has 0 N–H and O–H groups in total. The molecule has 1 heterocycles. The topological polar surface area (TPSA) is 68.5 Å². The molecule has 0 spiro atoms. The summed E-state index contributed by atoms with van der Waals surface area (Å²) in [5, 5.41) is 4.11. The van der Waals surface area contributed by atoms with Gasteiger partial charge < -0.3 is 14.2 Å². The van der Waals surface area contributed by atoms with Crippen LogP contribution in [0.1, 0.15) is 48.4 Å². The SMILES string of the molecule is COc1ccc(-c2noc(CN(C(=O)c3ccccc3)C3CCCCC3)n2)cc1. The van der Waals surface area contributed by atoms with Gasteiger partial charge in [-0.25, -0.2) is 0 Å². The molecule has 150 valence electrons. The van der Waals surface area contributed by atoms with Crippen molar-refractivity contribution >= 4 is 5.91 Å². The number of rotatable bonds is 6. The van der Waals surface area contributed by atoms with E-state index in [-0.39, 0.29) is 11.9 Å². The number of ether oxygens (including phenoxy) is 1. The maximum atomic E-state index is 13.2. The van der Waals surface area contributed by atoms with Gasteiger partial charge in [-0.15, -0.1) is 0 Å². The lowest BCUT2D eigenvalue weighted by Crippen LogP contribution is -2.41. The monoisotopic (exact) mass is 391 g/mol. The van der Waals surface area contributed by atoms with Crippen LogP contribution in [0.5, 0.6) is 5.75 Å². The van der Waals surface area contributed by atoms with Crippen molar-refractivity contribution in [3.05, 3.63) is 66.1 Å². The Morgan fingerprint density at radius 1 is 1.07 bits per heavy atom. The molecule has 1 saturated carbocycles. The zero-order valence-corrected chi connectivity index (χ0v) is 16.6. The van der Waals surface area contributed by atoms with Gasteiger partial charge in [-0.3, -0.25) is 4.79 Å². The van der Waals surface area contributed by atoms with Gasteiger partial charge in [0.15, 0.2) is 0 Å². The van der Waals surface area contributed by atoms with E-state index in [1.54, 1.807) is 7.11 Å². The van der Waals surface area contributed by atoms with Crippen LogP contribution in [0.15, 0.2) is 59.1 Å². The Morgan fingerprint density at radius 2 is 1.79 bits per heavy atom. The Labute approximate surface area is 170 Å². The van der Waals surface area contributed by atoms with Gasteiger partial charge in [0.2, 0.25) is 11.7 Å². The van der Waals surface area contributed by atoms with E-state index in [0.29, 0.717) is 23.8 Å². The number of hydrogen-bond donors (Lipinski definition) is 0. The molecule has 1 amide bonds. The lowest BCUT2D eigenvalue weighted by molar-refractivity contribution is 0.0586. The summed E-state index contributed by atoms with van der Waals surface area (Å²) in [5.41, 5.74) is 1.53. The van der Waals surface area contributed by atoms with E-state index in [1.807, 2.05) is 59.5 Å². The van der Waals surface area contributed by atoms with Crippen LogP contribution in [-0.2, 0) is 6.54 Å². The summed E-state index contributed by atoms with van der Waals surface area (Å²) >= 11 is 0. The predicted octanol–water partition coefficient (Wildman–Crippen LogP) is 4.72. The van der Waals surface area contributed by atoms with Gasteiger partial charge in [0.25, 0.3) is 5.91 Å². The van der Waals surface area contributed by atoms with E-state index in [9.17, 15) is 4.79 Å². The van der Waals surface area contributed by atoms with E-state index >= 15 is 0 Å². The Balaban J connectivity index is 1.55. The first-order valence-corrected chi connectivity index (χ1v) is 10.1. The maximum Gasteiger partial charge on any atom is 0.254 e. The highest BCUT2D eigenvalue weighted by Gasteiger charge is 2.28. The molecule has 0 bridgehead atoms. The van der Waals surface area contributed by atoms with E-state index < -0.39 is 0 Å². The summed E-state index contributed by atoms with van der Waals surface area (Å²) in [6.45, 7) is 0.321. The van der Waals surface area contributed by atoms with Gasteiger partial charge in [-0.05, 0) is 49.2 Å². The number of hydrogen-bond acceptors (Lipinski definition) is 5. The molecule has 4 rings (SSSR count). The fourth-order valence-corrected chi connectivity index (χ4v) is 3.83. The third-order valence-electron chi connectivity index (χ3n) is 5.42. The molecule has 1 aliphatic rings. The summed E-state index contributed by atoms with van der Waals surface area (Å²) in [4.78, 5) is 19.7. The fourth-order valence-electron chi connectivity index (χ4n) is 3.83. The van der Waals surface area contributed by atoms with Crippen molar-refractivity contribution in [2.45, 2.75) is 44.7 Å². The highest BCUT2D eigenvalue weighted by Crippen LogP contribution is 2.26. The van der Waals surface area contributed by atoms with Gasteiger partial charge in [0.05, 0.1) is 7.11 Å². The molecule has 29 heavy (non-hydrogen) atoms. The molecule has 2 aromatic carbocycles. The van der Waals surface area contributed by atoms with E-state index in [2.05, 4.69) is 10.1 Å². The standard InChI is InChI=1S/C23H25N3O3/c1-28-20-14-12-17(13-15-20)22-24-21(29-25-22)16-26(19-10-6-3-7-11-19)23(27)18-8-4-2-5-9-18/h2,4-5,8-9,12-15,19H,3,6-7,10-11,16H2,1H3. The minimum absolute atomic E-state index is 0.0155. The molecular formula is C23H25N3O3. The van der Waals surface area contributed by atoms with Crippen molar-refractivity contribution in [3.63, 3.8) is 0 Å². The summed E-state index contributed by atoms with van der Waals surface area (Å²) in [7, 11) is 1.63. The molecule has 0 unspecified atom stereocenters. The average Bonchev–Trinajstić information content (AvgIpc) is 3.27. The smallest absolute Gasteiger partial charge is 0.254 e. The van der Waals surface area contributed by atoms with E-state index in [0.717, 1.165) is 37.0 Å². The summed E-state index contributed by atoms with van der Waals surface area (Å²) in [6.07, 6.45) is 5.54. The highest BCUT2D eigenvalue weighted by molar-refractivity contribution is 5.94. The molecule has 0 saturated heterocycles. The van der Waals surface area contributed by atoms with Crippen LogP contribution < -0.4 is 4.74 Å². The Morgan fingerprint density at radius 3 is 2.48 bits per heavy atom. The first-order valence-electron chi connectivity index (χ1n) is 10.1. The van der Waals surface area contributed by atoms with Crippen molar-refractivity contribution in [3.8, 4) is 17.1 Å². The number of carbonyl (C=O) groups excluding carboxylic acids is 1. The van der Waals surface area contributed by atoms with Crippen molar-refractivity contribution in [1.29, 1.82) is 0 Å². The van der Waals surface area contributed by atoms with Crippen LogP contribution in [0.4, 0.5) is 0 Å². The van der Waals surface area contributed by atoms with Gasteiger partial charge >= 0.3 is 0 Å². The Hall–Kier alpha value is -3.15. The van der Waals surface area contributed by atoms with E-state index in [1.165, 1.54) is 6.42 Å². The number of amides is 1. The number of carbonyl (C=O) groups is 1. The summed E-state index contributed by atoms with van der Waals surface area (Å²) in [6, 6.07) is 17.1. The maximum absolute atomic E-state index is 13.2. The molecular weight excluding hydrogens is 366 g/mol. The number of nitrogens with zero attached hydrogens (tertiary/aromatic N) is 3. The first kappa shape index (κ1) is 19.2. The molecule has 6 heteroatoms. The molecule has 0 atom stereocenters. The molecule has 0 radical (unpaired) electrons. The van der Waals surface area contributed by atoms with Crippen molar-refractivity contribution < 1.29 is 14.1 Å². The molecule has 3 aromatic rings. The molecule has 1 aromatic heterocycles. The second kappa shape index (κ2) is 8.90. The zero-order chi connectivity index (χ0) is 20.1. The molecule has 0 aliphatic heterocycles. The van der Waals surface area contributed by atoms with Crippen LogP contribution in [0, 0.1) is 0 Å². The van der Waals surface area contributed by atoms with Crippen molar-refractivity contribution in [1.82, 2.24) is 15.0 Å². The zero-order valence-electron chi connectivity index (χ0n) is 16.6. The third kappa shape index (κ3) is 4.47. The van der Waals surface area contributed by atoms with Crippen LogP contribution in [0.3, 0.4) is 0 Å². The lowest BCUT2D eigenvalue weighted by atomic mass is 9.93. The van der Waals surface area contributed by atoms with Crippen molar-refractivity contribution in [2.75, 3.05) is 7.11 Å². The summed E-state index contributed by atoms with van der Waals surface area (Å²) < 4.78 is 10.7. The van der Waals surface area contributed by atoms with Crippen LogP contribution in [-0.4, -0.2) is 34.1 Å². The second-order valence-electron chi connectivity index (χ2n) is 7.33. The Bertz CT molecular complexity index is 932. The highest BCUT2D eigenvalue weighted by atomic mass is 16.5. The number of benzene rings is 2. The van der Waals surface area contributed by atoms with Crippen molar-refractivity contribution in [2.24, 2.45) is 0 Å². The number of methoxy groups -OCH3 is 1. The largest absolute Gasteiger partial charge is 0.497 e. The van der Waals surface area contributed by atoms with Crippen LogP contribution in [0.2, 0.25) is 0 Å². The molecule has 6 nitrogen and oxygen atoms in total. The lowest BCUT2D eigenvalue weighted by Gasteiger charge is -2.33. The van der Waals surface area contributed by atoms with Crippen LogP contribution >= 0.6 is 0 Å². The van der Waals surface area contributed by atoms with E-state index in [4.69, 9.17) is 9.26 Å². The van der Waals surface area contributed by atoms with Gasteiger partial charge in [-0.2, -0.15) is 4.98 Å². The van der Waals surface area contributed by atoms with Gasteiger partial charge in [-0.1, -0.05) is 42.6 Å². The molecule has 1 fully saturated rings. The quantitative estimate of drug-likeness (QED) is 0.608. The fraction of sp³-hybridized carbons (Fsp3) is 0.348. The molecule has 1 aliphatic carbocycles. The Kier molecular flexibility index (Phi) is 5.89. The average molecular weight is 391 g/mol. The van der Waals surface area contributed by atoms with Gasteiger partial charge in [0.1, 0.15) is 12.3 Å². The third-order valence-corrected chi connectivity index (χ3v) is 5.42. The summed E-state index contributed by atoms with van der Waals surface area (Å²) in [5.74, 6) is 1.75. The first-order chi connectivity index (χ1) is 14.2. The van der Waals surface area contributed by atoms with Gasteiger partial charge in [0, 0.05) is 17.2 Å². The predicted molar refractivity (Wildman–Crippen MR) is 109 cm³/mol.